The van der Waals surface area contributed by atoms with Crippen molar-refractivity contribution in [2.24, 2.45) is 5.73 Å². The van der Waals surface area contributed by atoms with Gasteiger partial charge in [0, 0.05) is 25.4 Å². The Morgan fingerprint density at radius 3 is 2.27 bits per heavy atom. The maximum absolute atomic E-state index is 12.6. The van der Waals surface area contributed by atoms with Crippen molar-refractivity contribution in [1.29, 1.82) is 0 Å². The fourth-order valence-corrected chi connectivity index (χ4v) is 5.06. The van der Waals surface area contributed by atoms with E-state index >= 15 is 0 Å². The van der Waals surface area contributed by atoms with E-state index in [0.29, 0.717) is 18.7 Å². The van der Waals surface area contributed by atoms with Crippen LogP contribution in [0.25, 0.3) is 0 Å². The van der Waals surface area contributed by atoms with Crippen molar-refractivity contribution in [3.63, 3.8) is 0 Å². The Bertz CT molecular complexity index is 702. The molecular formula is C13H21ClN2O4S2. The monoisotopic (exact) mass is 368 g/mol. The summed E-state index contributed by atoms with van der Waals surface area (Å²) < 4.78 is 49.0. The molecule has 0 radical (unpaired) electrons. The second kappa shape index (κ2) is 7.27. The van der Waals surface area contributed by atoms with Gasteiger partial charge in [-0.15, -0.1) is 12.4 Å². The van der Waals surface area contributed by atoms with Crippen molar-refractivity contribution in [1.82, 2.24) is 4.31 Å². The average Bonchev–Trinajstić information content (AvgIpc) is 2.86. The van der Waals surface area contributed by atoms with Gasteiger partial charge in [0.25, 0.3) is 0 Å². The molecule has 1 aliphatic heterocycles. The molecule has 126 valence electrons. The molecule has 0 bridgehead atoms. The lowest BCUT2D eigenvalue weighted by Crippen LogP contribution is -2.39. The van der Waals surface area contributed by atoms with Gasteiger partial charge in [0.15, 0.2) is 9.84 Å². The molecular weight excluding hydrogens is 348 g/mol. The van der Waals surface area contributed by atoms with Crippen LogP contribution in [0.4, 0.5) is 0 Å². The minimum absolute atomic E-state index is 0. The van der Waals surface area contributed by atoms with E-state index in [-0.39, 0.29) is 29.1 Å². The number of nitrogens with zero attached hydrogens (tertiary/aromatic N) is 1. The largest absolute Gasteiger partial charge is 0.329 e. The Labute approximate surface area is 138 Å². The summed E-state index contributed by atoms with van der Waals surface area (Å²) in [5.74, 6) is -0.0948. The van der Waals surface area contributed by atoms with Gasteiger partial charge in [-0.25, -0.2) is 16.8 Å². The highest BCUT2D eigenvalue weighted by molar-refractivity contribution is 7.90. The molecule has 1 unspecified atom stereocenters. The van der Waals surface area contributed by atoms with Gasteiger partial charge in [-0.3, -0.25) is 0 Å². The second-order valence-electron chi connectivity index (χ2n) is 5.36. The molecule has 6 nitrogen and oxygen atoms in total. The number of hydrogen-bond donors (Lipinski definition) is 1. The topological polar surface area (TPSA) is 97.5 Å². The van der Waals surface area contributed by atoms with Crippen molar-refractivity contribution in [3.8, 4) is 0 Å². The Balaban J connectivity index is 0.00000242. The number of nitrogens with two attached hydrogens (primary N) is 1. The van der Waals surface area contributed by atoms with Crippen LogP contribution in [0.15, 0.2) is 29.2 Å². The zero-order valence-electron chi connectivity index (χ0n) is 12.3. The van der Waals surface area contributed by atoms with E-state index in [0.717, 1.165) is 19.1 Å². The van der Waals surface area contributed by atoms with Gasteiger partial charge in [0.2, 0.25) is 10.0 Å². The van der Waals surface area contributed by atoms with Crippen molar-refractivity contribution >= 4 is 32.3 Å². The Kier molecular flexibility index (Phi) is 6.40. The quantitative estimate of drug-likeness (QED) is 0.827. The minimum atomic E-state index is -3.56. The maximum atomic E-state index is 12.6. The Morgan fingerprint density at radius 1 is 1.18 bits per heavy atom. The van der Waals surface area contributed by atoms with Crippen LogP contribution in [0.2, 0.25) is 0 Å². The Morgan fingerprint density at radius 2 is 1.77 bits per heavy atom. The Hall–Kier alpha value is -0.670. The van der Waals surface area contributed by atoms with Crippen molar-refractivity contribution in [3.05, 3.63) is 29.8 Å². The fourth-order valence-electron chi connectivity index (χ4n) is 2.56. The van der Waals surface area contributed by atoms with Crippen molar-refractivity contribution < 1.29 is 16.8 Å². The molecule has 0 saturated carbocycles. The van der Waals surface area contributed by atoms with Crippen molar-refractivity contribution in [2.75, 3.05) is 19.3 Å². The van der Waals surface area contributed by atoms with Crippen LogP contribution in [0.5, 0.6) is 0 Å². The molecule has 0 aliphatic carbocycles. The molecule has 9 heteroatoms. The number of benzene rings is 1. The number of sulfonamides is 1. The number of halogens is 1. The molecule has 1 aliphatic rings. The first kappa shape index (κ1) is 19.4. The first-order valence-electron chi connectivity index (χ1n) is 6.72. The van der Waals surface area contributed by atoms with Crippen LogP contribution >= 0.6 is 12.4 Å². The van der Waals surface area contributed by atoms with E-state index in [4.69, 9.17) is 5.73 Å². The highest BCUT2D eigenvalue weighted by Crippen LogP contribution is 2.25. The van der Waals surface area contributed by atoms with E-state index in [1.807, 2.05) is 0 Å². The van der Waals surface area contributed by atoms with Gasteiger partial charge in [0.1, 0.15) is 0 Å². The normalized spacial score (nSPS) is 19.8. The summed E-state index contributed by atoms with van der Waals surface area (Å²) in [6.45, 7) is 0.792. The molecule has 1 fully saturated rings. The second-order valence-corrected chi connectivity index (χ2v) is 9.39. The minimum Gasteiger partial charge on any atom is -0.329 e. The average molecular weight is 369 g/mol. The van der Waals surface area contributed by atoms with Gasteiger partial charge < -0.3 is 5.73 Å². The lowest BCUT2D eigenvalue weighted by molar-refractivity contribution is 0.393. The first-order chi connectivity index (χ1) is 9.74. The highest BCUT2D eigenvalue weighted by atomic mass is 35.5. The van der Waals surface area contributed by atoms with E-state index < -0.39 is 19.9 Å². The fraction of sp³-hybridized carbons (Fsp3) is 0.538. The summed E-state index contributed by atoms with van der Waals surface area (Å²) in [7, 11) is -6.69. The number of sulfone groups is 1. The zero-order chi connectivity index (χ0) is 15.7. The van der Waals surface area contributed by atoms with Crippen LogP contribution in [-0.4, -0.2) is 46.5 Å². The van der Waals surface area contributed by atoms with E-state index in [2.05, 4.69) is 0 Å². The molecule has 2 rings (SSSR count). The smallest absolute Gasteiger partial charge is 0.243 e. The molecule has 2 N–H and O–H groups in total. The lowest BCUT2D eigenvalue weighted by Gasteiger charge is -2.22. The van der Waals surface area contributed by atoms with Gasteiger partial charge in [-0.1, -0.05) is 12.1 Å². The molecule has 1 heterocycles. The molecule has 1 saturated heterocycles. The standard InChI is InChI=1S/C13H20N2O4S2.ClH/c1-20(16,17)10-11-4-6-13(7-5-11)21(18,19)15-8-2-3-12(15)9-14;/h4-7,12H,2-3,8-10,14H2,1H3;1H. The summed E-state index contributed by atoms with van der Waals surface area (Å²) in [5, 5.41) is 0. The summed E-state index contributed by atoms with van der Waals surface area (Å²) in [6.07, 6.45) is 2.74. The van der Waals surface area contributed by atoms with Crippen LogP contribution in [0.1, 0.15) is 18.4 Å². The number of rotatable bonds is 5. The number of hydrogen-bond acceptors (Lipinski definition) is 5. The predicted octanol–water partition coefficient (Wildman–Crippen LogP) is 0.765. The molecule has 1 atom stereocenters. The van der Waals surface area contributed by atoms with E-state index in [9.17, 15) is 16.8 Å². The van der Waals surface area contributed by atoms with Gasteiger partial charge in [0.05, 0.1) is 10.6 Å². The maximum Gasteiger partial charge on any atom is 0.243 e. The van der Waals surface area contributed by atoms with Gasteiger partial charge in [-0.05, 0) is 30.5 Å². The molecule has 22 heavy (non-hydrogen) atoms. The molecule has 0 aromatic heterocycles. The summed E-state index contributed by atoms with van der Waals surface area (Å²) in [4.78, 5) is 0.181. The van der Waals surface area contributed by atoms with Gasteiger partial charge >= 0.3 is 0 Å². The highest BCUT2D eigenvalue weighted by Gasteiger charge is 2.34. The third-order valence-electron chi connectivity index (χ3n) is 3.55. The molecule has 1 aromatic rings. The SMILES string of the molecule is CS(=O)(=O)Cc1ccc(S(=O)(=O)N2CCCC2CN)cc1.Cl. The zero-order valence-corrected chi connectivity index (χ0v) is 14.8. The van der Waals surface area contributed by atoms with Crippen LogP contribution in [-0.2, 0) is 25.6 Å². The summed E-state index contributed by atoms with van der Waals surface area (Å²) >= 11 is 0. The predicted molar refractivity (Wildman–Crippen MR) is 88.2 cm³/mol. The molecule has 1 aromatic carbocycles. The third-order valence-corrected chi connectivity index (χ3v) is 6.38. The van der Waals surface area contributed by atoms with Crippen LogP contribution in [0.3, 0.4) is 0 Å². The summed E-state index contributed by atoms with van der Waals surface area (Å²) in [6, 6.07) is 5.86. The van der Waals surface area contributed by atoms with E-state index in [1.165, 1.54) is 16.4 Å². The third kappa shape index (κ3) is 4.42. The van der Waals surface area contributed by atoms with Crippen molar-refractivity contribution in [2.45, 2.75) is 29.5 Å². The molecule has 0 spiro atoms. The molecule has 0 amide bonds. The first-order valence-corrected chi connectivity index (χ1v) is 10.2. The van der Waals surface area contributed by atoms with Crippen LogP contribution in [0, 0.1) is 0 Å². The van der Waals surface area contributed by atoms with E-state index in [1.54, 1.807) is 12.1 Å². The van der Waals surface area contributed by atoms with Gasteiger partial charge in [-0.2, -0.15) is 4.31 Å². The summed E-state index contributed by atoms with van der Waals surface area (Å²) in [5.41, 5.74) is 6.20. The van der Waals surface area contributed by atoms with Crippen LogP contribution < -0.4 is 5.73 Å². The lowest BCUT2D eigenvalue weighted by atomic mass is 10.2.